The van der Waals surface area contributed by atoms with Gasteiger partial charge in [-0.3, -0.25) is 18.6 Å². The molecule has 27 heavy (non-hydrogen) atoms. The van der Waals surface area contributed by atoms with Gasteiger partial charge in [-0.1, -0.05) is 24.3 Å². The summed E-state index contributed by atoms with van der Waals surface area (Å²) in [7, 11) is 0. The van der Waals surface area contributed by atoms with E-state index in [2.05, 4.69) is 11.9 Å². The topological polar surface area (TPSA) is 72.6 Å². The van der Waals surface area contributed by atoms with Crippen molar-refractivity contribution in [3.05, 3.63) is 85.3 Å². The largest absolute Gasteiger partial charge is 0.347 e. The lowest BCUT2D eigenvalue weighted by molar-refractivity contribution is 0.0954. The first-order valence-electron chi connectivity index (χ1n) is 8.20. The van der Waals surface area contributed by atoms with Crippen molar-refractivity contribution in [3.63, 3.8) is 0 Å². The van der Waals surface area contributed by atoms with Crippen LogP contribution in [0.3, 0.4) is 0 Å². The summed E-state index contributed by atoms with van der Waals surface area (Å²) in [4.78, 5) is 38.2. The summed E-state index contributed by atoms with van der Waals surface area (Å²) >= 11 is 1.08. The number of thiazole rings is 1. The highest BCUT2D eigenvalue weighted by Crippen LogP contribution is 2.18. The van der Waals surface area contributed by atoms with Gasteiger partial charge in [0.25, 0.3) is 11.5 Å². The summed E-state index contributed by atoms with van der Waals surface area (Å²) < 4.78 is 15.4. The van der Waals surface area contributed by atoms with E-state index in [1.165, 1.54) is 22.7 Å². The number of hydrogen-bond acceptors (Lipinski definition) is 4. The molecule has 0 aliphatic heterocycles. The molecule has 2 heterocycles. The average Bonchev–Trinajstić information content (AvgIpc) is 3.08. The molecule has 1 N–H and O–H groups in total. The number of carbonyl (C=O) groups is 1. The molecule has 0 saturated heterocycles. The molecule has 0 unspecified atom stereocenters. The lowest BCUT2D eigenvalue weighted by Gasteiger charge is -2.06. The first-order valence-corrected chi connectivity index (χ1v) is 9.02. The van der Waals surface area contributed by atoms with Crippen LogP contribution in [0.1, 0.15) is 27.7 Å². The van der Waals surface area contributed by atoms with Crippen molar-refractivity contribution in [2.24, 2.45) is 0 Å². The van der Waals surface area contributed by atoms with Crippen LogP contribution in [0.4, 0.5) is 4.39 Å². The number of aromatic nitrogens is 2. The SMILES string of the molecule is C=C(C)Cn1c(=O)c(C)c2sc(C(=O)NCc3ccc(F)cc3)cn2c1=O. The highest BCUT2D eigenvalue weighted by atomic mass is 32.1. The van der Waals surface area contributed by atoms with Gasteiger partial charge in [0.05, 0.1) is 6.54 Å². The number of rotatable bonds is 5. The summed E-state index contributed by atoms with van der Waals surface area (Å²) in [6.07, 6.45) is 1.43. The van der Waals surface area contributed by atoms with Gasteiger partial charge in [-0.25, -0.2) is 9.18 Å². The van der Waals surface area contributed by atoms with E-state index in [0.29, 0.717) is 20.8 Å². The van der Waals surface area contributed by atoms with Gasteiger partial charge in [-0.15, -0.1) is 11.3 Å². The molecule has 1 amide bonds. The molecular formula is C19H18FN3O3S. The predicted molar refractivity (Wildman–Crippen MR) is 103 cm³/mol. The number of benzene rings is 1. The van der Waals surface area contributed by atoms with Gasteiger partial charge < -0.3 is 5.32 Å². The van der Waals surface area contributed by atoms with E-state index in [0.717, 1.165) is 21.5 Å². The second-order valence-corrected chi connectivity index (χ2v) is 7.37. The van der Waals surface area contributed by atoms with E-state index in [4.69, 9.17) is 0 Å². The number of aryl methyl sites for hydroxylation is 1. The maximum atomic E-state index is 12.9. The van der Waals surface area contributed by atoms with Crippen molar-refractivity contribution < 1.29 is 9.18 Å². The second kappa shape index (κ2) is 7.32. The molecule has 0 radical (unpaired) electrons. The lowest BCUT2D eigenvalue weighted by Crippen LogP contribution is -2.38. The van der Waals surface area contributed by atoms with Crippen LogP contribution in [0.5, 0.6) is 0 Å². The van der Waals surface area contributed by atoms with E-state index < -0.39 is 5.69 Å². The Morgan fingerprint density at radius 1 is 1.26 bits per heavy atom. The summed E-state index contributed by atoms with van der Waals surface area (Å²) in [5.41, 5.74) is 0.945. The minimum absolute atomic E-state index is 0.128. The summed E-state index contributed by atoms with van der Waals surface area (Å²) in [5.74, 6) is -0.716. The number of carbonyl (C=O) groups excluding carboxylic acids is 1. The first kappa shape index (κ1) is 18.8. The van der Waals surface area contributed by atoms with Crippen molar-refractivity contribution in [1.29, 1.82) is 0 Å². The lowest BCUT2D eigenvalue weighted by atomic mass is 10.2. The quantitative estimate of drug-likeness (QED) is 0.684. The molecule has 0 fully saturated rings. The van der Waals surface area contributed by atoms with Gasteiger partial charge in [0.15, 0.2) is 0 Å². The Morgan fingerprint density at radius 2 is 1.93 bits per heavy atom. The molecule has 0 spiro atoms. The van der Waals surface area contributed by atoms with E-state index in [-0.39, 0.29) is 30.4 Å². The third-order valence-electron chi connectivity index (χ3n) is 4.01. The summed E-state index contributed by atoms with van der Waals surface area (Å²) in [6.45, 7) is 7.46. The van der Waals surface area contributed by atoms with Crippen LogP contribution < -0.4 is 16.6 Å². The van der Waals surface area contributed by atoms with E-state index >= 15 is 0 Å². The van der Waals surface area contributed by atoms with Crippen LogP contribution in [0.2, 0.25) is 0 Å². The fourth-order valence-corrected chi connectivity index (χ4v) is 3.65. The maximum Gasteiger partial charge on any atom is 0.336 e. The fraction of sp³-hybridized carbons (Fsp3) is 0.211. The predicted octanol–water partition coefficient (Wildman–Crippen LogP) is 2.48. The molecule has 1 aromatic carbocycles. The number of allylic oxidation sites excluding steroid dienone is 1. The Labute approximate surface area is 158 Å². The average molecular weight is 387 g/mol. The molecule has 0 atom stereocenters. The van der Waals surface area contributed by atoms with Crippen LogP contribution >= 0.6 is 11.3 Å². The summed E-state index contributed by atoms with van der Waals surface area (Å²) in [5, 5.41) is 2.73. The number of halogens is 1. The molecule has 2 aromatic heterocycles. The Kier molecular flexibility index (Phi) is 5.09. The Balaban J connectivity index is 1.92. The zero-order valence-electron chi connectivity index (χ0n) is 14.9. The number of amides is 1. The van der Waals surface area contributed by atoms with Gasteiger partial charge >= 0.3 is 5.69 Å². The van der Waals surface area contributed by atoms with Crippen molar-refractivity contribution in [2.45, 2.75) is 26.9 Å². The minimum Gasteiger partial charge on any atom is -0.347 e. The van der Waals surface area contributed by atoms with Gasteiger partial charge in [-0.2, -0.15) is 0 Å². The minimum atomic E-state index is -0.502. The van der Waals surface area contributed by atoms with Crippen molar-refractivity contribution >= 4 is 22.1 Å². The number of nitrogens with zero attached hydrogens (tertiary/aromatic N) is 2. The second-order valence-electron chi connectivity index (χ2n) is 6.34. The smallest absolute Gasteiger partial charge is 0.336 e. The number of hydrogen-bond donors (Lipinski definition) is 1. The van der Waals surface area contributed by atoms with Gasteiger partial charge in [0, 0.05) is 18.3 Å². The zero-order chi connectivity index (χ0) is 19.7. The van der Waals surface area contributed by atoms with Crippen LogP contribution in [0.15, 0.2) is 52.2 Å². The van der Waals surface area contributed by atoms with Gasteiger partial charge in [0.1, 0.15) is 15.5 Å². The Bertz CT molecular complexity index is 1160. The van der Waals surface area contributed by atoms with Crippen molar-refractivity contribution in [1.82, 2.24) is 14.3 Å². The molecule has 0 saturated carbocycles. The van der Waals surface area contributed by atoms with Crippen molar-refractivity contribution in [2.75, 3.05) is 0 Å². The number of nitrogens with one attached hydrogen (secondary N) is 1. The van der Waals surface area contributed by atoms with Crippen molar-refractivity contribution in [3.8, 4) is 0 Å². The maximum absolute atomic E-state index is 12.9. The first-order chi connectivity index (χ1) is 12.8. The molecular weight excluding hydrogens is 369 g/mol. The van der Waals surface area contributed by atoms with Gasteiger partial charge in [-0.05, 0) is 31.5 Å². The molecule has 6 nitrogen and oxygen atoms in total. The highest BCUT2D eigenvalue weighted by molar-refractivity contribution is 7.19. The molecule has 0 aliphatic carbocycles. The normalized spacial score (nSPS) is 10.9. The molecule has 3 rings (SSSR count). The van der Waals surface area contributed by atoms with E-state index in [1.807, 2.05) is 0 Å². The van der Waals surface area contributed by atoms with Gasteiger partial charge in [0.2, 0.25) is 0 Å². The molecule has 3 aromatic rings. The Morgan fingerprint density at radius 3 is 2.56 bits per heavy atom. The molecule has 0 bridgehead atoms. The highest BCUT2D eigenvalue weighted by Gasteiger charge is 2.17. The fourth-order valence-electron chi connectivity index (χ4n) is 2.65. The van der Waals surface area contributed by atoms with E-state index in [9.17, 15) is 18.8 Å². The monoisotopic (exact) mass is 387 g/mol. The van der Waals surface area contributed by atoms with E-state index in [1.54, 1.807) is 26.0 Å². The molecule has 140 valence electrons. The third kappa shape index (κ3) is 3.75. The van der Waals surface area contributed by atoms with Crippen LogP contribution in [0, 0.1) is 12.7 Å². The van der Waals surface area contributed by atoms with Crippen LogP contribution in [-0.2, 0) is 13.1 Å². The zero-order valence-corrected chi connectivity index (χ0v) is 15.7. The molecule has 8 heteroatoms. The van der Waals surface area contributed by atoms with Crippen LogP contribution in [0.25, 0.3) is 4.83 Å². The third-order valence-corrected chi connectivity index (χ3v) is 5.22. The molecule has 0 aliphatic rings. The Hall–Kier alpha value is -3.00. The standard InChI is InChI=1S/C19H18FN3O3S/c1-11(2)9-22-17(25)12(3)18-23(19(22)26)10-15(27-18)16(24)21-8-13-4-6-14(20)7-5-13/h4-7,10H,1,8-9H2,2-3H3,(H,21,24). The summed E-state index contributed by atoms with van der Waals surface area (Å²) in [6, 6.07) is 5.80. The van der Waals surface area contributed by atoms with Crippen LogP contribution in [-0.4, -0.2) is 14.9 Å². The number of fused-ring (bicyclic) bond motifs is 1.